The normalized spacial score (nSPS) is 18.6. The van der Waals surface area contributed by atoms with Crippen molar-refractivity contribution in [3.63, 3.8) is 0 Å². The van der Waals surface area contributed by atoms with Gasteiger partial charge in [0.05, 0.1) is 41.7 Å². The van der Waals surface area contributed by atoms with Gasteiger partial charge in [-0.25, -0.2) is 9.79 Å². The SMILES string of the molecule is CCOC(=O)C1=C(C)N=c2s/c(=C/c3ccc(N4CCOCC4)o3)c(=O)n2[C@H]1c1ccccc1. The third kappa shape index (κ3) is 4.12. The van der Waals surface area contributed by atoms with E-state index in [0.29, 0.717) is 39.6 Å². The smallest absolute Gasteiger partial charge is 0.338 e. The van der Waals surface area contributed by atoms with Crippen LogP contribution in [0.5, 0.6) is 0 Å². The summed E-state index contributed by atoms with van der Waals surface area (Å²) < 4.78 is 18.8. The van der Waals surface area contributed by atoms with E-state index in [0.717, 1.165) is 24.5 Å². The number of rotatable bonds is 5. The quantitative estimate of drug-likeness (QED) is 0.522. The summed E-state index contributed by atoms with van der Waals surface area (Å²) in [5, 5.41) is 0. The number of furan rings is 1. The van der Waals surface area contributed by atoms with Crippen molar-refractivity contribution in [2.24, 2.45) is 4.99 Å². The van der Waals surface area contributed by atoms with Crippen LogP contribution in [0.3, 0.4) is 0 Å². The highest BCUT2D eigenvalue weighted by Crippen LogP contribution is 2.30. The molecule has 4 heterocycles. The van der Waals surface area contributed by atoms with Gasteiger partial charge in [-0.15, -0.1) is 0 Å². The van der Waals surface area contributed by atoms with Gasteiger partial charge in [-0.3, -0.25) is 9.36 Å². The standard InChI is InChI=1S/C25H25N3O5S/c1-3-32-24(30)21-16(2)26-25-28(22(21)17-7-5-4-6-8-17)23(29)19(34-25)15-18-9-10-20(33-18)27-11-13-31-14-12-27/h4-10,15,22H,3,11-14H2,1-2H3/b19-15+/t22-/m0/s1. The molecule has 0 saturated carbocycles. The number of carbonyl (C=O) groups excluding carboxylic acids is 1. The fraction of sp³-hybridized carbons (Fsp3) is 0.320. The number of esters is 1. The first-order valence-corrected chi connectivity index (χ1v) is 12.1. The van der Waals surface area contributed by atoms with E-state index < -0.39 is 12.0 Å². The molecule has 5 rings (SSSR count). The van der Waals surface area contributed by atoms with Gasteiger partial charge in [0.15, 0.2) is 10.7 Å². The molecular weight excluding hydrogens is 454 g/mol. The Morgan fingerprint density at radius 2 is 1.97 bits per heavy atom. The van der Waals surface area contributed by atoms with Crippen LogP contribution < -0.4 is 19.8 Å². The van der Waals surface area contributed by atoms with Gasteiger partial charge < -0.3 is 18.8 Å². The van der Waals surface area contributed by atoms with Gasteiger partial charge in [0.2, 0.25) is 0 Å². The molecular formula is C25H25N3O5S. The Labute approximate surface area is 200 Å². The van der Waals surface area contributed by atoms with Crippen LogP contribution in [0.25, 0.3) is 6.08 Å². The average Bonchev–Trinajstić information content (AvgIpc) is 3.44. The van der Waals surface area contributed by atoms with E-state index >= 15 is 0 Å². The number of ether oxygens (including phenoxy) is 2. The minimum Gasteiger partial charge on any atom is -0.463 e. The van der Waals surface area contributed by atoms with E-state index in [1.807, 2.05) is 42.5 Å². The van der Waals surface area contributed by atoms with Crippen molar-refractivity contribution >= 4 is 29.3 Å². The Morgan fingerprint density at radius 3 is 2.71 bits per heavy atom. The Morgan fingerprint density at radius 1 is 1.21 bits per heavy atom. The lowest BCUT2D eigenvalue weighted by atomic mass is 9.96. The molecule has 2 aromatic heterocycles. The maximum absolute atomic E-state index is 13.6. The number of hydrogen-bond acceptors (Lipinski definition) is 8. The van der Waals surface area contributed by atoms with Crippen LogP contribution in [-0.4, -0.2) is 43.4 Å². The molecule has 0 amide bonds. The summed E-state index contributed by atoms with van der Waals surface area (Å²) >= 11 is 1.28. The van der Waals surface area contributed by atoms with Gasteiger partial charge in [0, 0.05) is 25.2 Å². The molecule has 1 aromatic carbocycles. The van der Waals surface area contributed by atoms with Crippen LogP contribution in [0.2, 0.25) is 0 Å². The highest BCUT2D eigenvalue weighted by molar-refractivity contribution is 7.07. The molecule has 0 radical (unpaired) electrons. The fourth-order valence-corrected chi connectivity index (χ4v) is 5.27. The Bertz CT molecular complexity index is 1410. The van der Waals surface area contributed by atoms with Gasteiger partial charge in [-0.05, 0) is 25.5 Å². The van der Waals surface area contributed by atoms with E-state index in [4.69, 9.17) is 13.9 Å². The van der Waals surface area contributed by atoms with Gasteiger partial charge in [-0.1, -0.05) is 41.7 Å². The Balaban J connectivity index is 1.60. The monoisotopic (exact) mass is 479 g/mol. The van der Waals surface area contributed by atoms with Crippen LogP contribution in [0.4, 0.5) is 5.88 Å². The third-order valence-electron chi connectivity index (χ3n) is 5.84. The van der Waals surface area contributed by atoms with Crippen molar-refractivity contribution in [3.05, 3.63) is 84.7 Å². The summed E-state index contributed by atoms with van der Waals surface area (Å²) in [6, 6.07) is 12.6. The highest BCUT2D eigenvalue weighted by Gasteiger charge is 2.33. The molecule has 1 fully saturated rings. The number of carbonyl (C=O) groups is 1. The van der Waals surface area contributed by atoms with Gasteiger partial charge in [-0.2, -0.15) is 0 Å². The van der Waals surface area contributed by atoms with E-state index in [1.165, 1.54) is 11.3 Å². The summed E-state index contributed by atoms with van der Waals surface area (Å²) in [7, 11) is 0. The topological polar surface area (TPSA) is 86.3 Å². The Hall–Kier alpha value is -3.43. The molecule has 1 saturated heterocycles. The predicted molar refractivity (Wildman–Crippen MR) is 129 cm³/mol. The lowest BCUT2D eigenvalue weighted by molar-refractivity contribution is -0.139. The van der Waals surface area contributed by atoms with E-state index in [1.54, 1.807) is 24.5 Å². The summed E-state index contributed by atoms with van der Waals surface area (Å²) in [6.45, 7) is 6.64. The first-order valence-electron chi connectivity index (χ1n) is 11.2. The lowest BCUT2D eigenvalue weighted by Gasteiger charge is -2.26. The van der Waals surface area contributed by atoms with Crippen molar-refractivity contribution in [1.82, 2.24) is 4.57 Å². The summed E-state index contributed by atoms with van der Waals surface area (Å²) in [4.78, 5) is 33.7. The van der Waals surface area contributed by atoms with Crippen molar-refractivity contribution < 1.29 is 18.7 Å². The number of allylic oxidation sites excluding steroid dienone is 1. The zero-order valence-corrected chi connectivity index (χ0v) is 19.8. The van der Waals surface area contributed by atoms with Crippen molar-refractivity contribution in [2.75, 3.05) is 37.8 Å². The molecule has 2 aliphatic heterocycles. The Kier molecular flexibility index (Phi) is 6.21. The second-order valence-electron chi connectivity index (χ2n) is 7.99. The number of morpholine rings is 1. The summed E-state index contributed by atoms with van der Waals surface area (Å²) in [5.74, 6) is 0.877. The zero-order chi connectivity index (χ0) is 23.7. The second kappa shape index (κ2) is 9.44. The molecule has 0 bridgehead atoms. The largest absolute Gasteiger partial charge is 0.463 e. The molecule has 0 N–H and O–H groups in total. The number of anilines is 1. The van der Waals surface area contributed by atoms with Gasteiger partial charge in [0.1, 0.15) is 5.76 Å². The number of benzene rings is 1. The lowest BCUT2D eigenvalue weighted by Crippen LogP contribution is -2.39. The van der Waals surface area contributed by atoms with Crippen LogP contribution in [0.15, 0.2) is 67.9 Å². The molecule has 176 valence electrons. The number of thiazole rings is 1. The zero-order valence-electron chi connectivity index (χ0n) is 19.0. The van der Waals surface area contributed by atoms with Gasteiger partial charge >= 0.3 is 5.97 Å². The molecule has 9 heteroatoms. The van der Waals surface area contributed by atoms with Crippen LogP contribution >= 0.6 is 11.3 Å². The van der Waals surface area contributed by atoms with Crippen molar-refractivity contribution in [1.29, 1.82) is 0 Å². The minimum absolute atomic E-state index is 0.226. The predicted octanol–water partition coefficient (Wildman–Crippen LogP) is 2.23. The molecule has 0 unspecified atom stereocenters. The van der Waals surface area contributed by atoms with E-state index in [-0.39, 0.29) is 12.2 Å². The first kappa shape index (κ1) is 22.4. The van der Waals surface area contributed by atoms with Gasteiger partial charge in [0.25, 0.3) is 5.56 Å². The molecule has 0 spiro atoms. The second-order valence-corrected chi connectivity index (χ2v) is 9.00. The molecule has 34 heavy (non-hydrogen) atoms. The first-order chi connectivity index (χ1) is 16.6. The molecule has 3 aromatic rings. The minimum atomic E-state index is -0.612. The highest BCUT2D eigenvalue weighted by atomic mass is 32.1. The van der Waals surface area contributed by atoms with Crippen LogP contribution in [0.1, 0.15) is 31.2 Å². The third-order valence-corrected chi connectivity index (χ3v) is 6.82. The van der Waals surface area contributed by atoms with E-state index in [2.05, 4.69) is 9.89 Å². The number of fused-ring (bicyclic) bond motifs is 1. The van der Waals surface area contributed by atoms with Crippen LogP contribution in [0, 0.1) is 0 Å². The molecule has 8 nitrogen and oxygen atoms in total. The maximum atomic E-state index is 13.6. The fourth-order valence-electron chi connectivity index (χ4n) is 4.24. The van der Waals surface area contributed by atoms with Crippen LogP contribution in [-0.2, 0) is 14.3 Å². The summed E-state index contributed by atoms with van der Waals surface area (Å²) in [5.41, 5.74) is 1.52. The number of nitrogens with zero attached hydrogens (tertiary/aromatic N) is 3. The summed E-state index contributed by atoms with van der Waals surface area (Å²) in [6.07, 6.45) is 1.74. The molecule has 0 aliphatic carbocycles. The maximum Gasteiger partial charge on any atom is 0.338 e. The van der Waals surface area contributed by atoms with Crippen molar-refractivity contribution in [2.45, 2.75) is 19.9 Å². The van der Waals surface area contributed by atoms with E-state index in [9.17, 15) is 9.59 Å². The average molecular weight is 480 g/mol. The van der Waals surface area contributed by atoms with Crippen molar-refractivity contribution in [3.8, 4) is 0 Å². The number of aromatic nitrogens is 1. The number of hydrogen-bond donors (Lipinski definition) is 0. The molecule has 2 aliphatic rings. The molecule has 1 atom stereocenters.